The van der Waals surface area contributed by atoms with Crippen molar-refractivity contribution in [3.63, 3.8) is 0 Å². The normalized spacial score (nSPS) is 11.6. The van der Waals surface area contributed by atoms with Gasteiger partial charge in [-0.2, -0.15) is 0 Å². The lowest BCUT2D eigenvalue weighted by Gasteiger charge is -1.92. The van der Waals surface area contributed by atoms with E-state index in [1.165, 1.54) is 0 Å². The van der Waals surface area contributed by atoms with Gasteiger partial charge in [-0.25, -0.2) is 0 Å². The maximum Gasteiger partial charge on any atom is 0.350 e. The second kappa shape index (κ2) is 4.84. The van der Waals surface area contributed by atoms with Crippen LogP contribution >= 0.6 is 0 Å². The number of hydrogen-bond donors (Lipinski definition) is 0. The monoisotopic (exact) mass is 129 g/mol. The summed E-state index contributed by atoms with van der Waals surface area (Å²) in [6.07, 6.45) is 0.977. The third-order valence-electron chi connectivity index (χ3n) is 0.804. The van der Waals surface area contributed by atoms with E-state index in [-0.39, 0.29) is 0 Å². The minimum absolute atomic E-state index is 0.466. The minimum atomic E-state index is 0.466. The van der Waals surface area contributed by atoms with Crippen molar-refractivity contribution in [2.45, 2.75) is 26.8 Å². The summed E-state index contributed by atoms with van der Waals surface area (Å²) in [5.41, 5.74) is 1.05. The molecule has 0 aromatic rings. The van der Waals surface area contributed by atoms with Crippen LogP contribution in [0.2, 0.25) is 6.55 Å². The van der Waals surface area contributed by atoms with Gasteiger partial charge >= 0.3 is 9.76 Å². The standard InChI is InChI=1S/C5H11NOSi/c1-4-5(2)6-7-8-3/h4H2,1-3H3. The van der Waals surface area contributed by atoms with Gasteiger partial charge in [0.05, 0.1) is 5.71 Å². The largest absolute Gasteiger partial charge is 0.454 e. The van der Waals surface area contributed by atoms with E-state index in [0.717, 1.165) is 12.1 Å². The zero-order chi connectivity index (χ0) is 6.41. The van der Waals surface area contributed by atoms with Crippen LogP contribution in [0.3, 0.4) is 0 Å². The summed E-state index contributed by atoms with van der Waals surface area (Å²) in [6.45, 7) is 5.97. The third kappa shape index (κ3) is 3.86. The van der Waals surface area contributed by atoms with Gasteiger partial charge in [-0.15, -0.1) is 5.16 Å². The maximum absolute atomic E-state index is 4.80. The van der Waals surface area contributed by atoms with Gasteiger partial charge in [0.25, 0.3) is 0 Å². The molecule has 0 saturated carbocycles. The molecule has 0 aromatic carbocycles. The van der Waals surface area contributed by atoms with Crippen LogP contribution in [0.1, 0.15) is 20.3 Å². The van der Waals surface area contributed by atoms with Gasteiger partial charge in [0.2, 0.25) is 0 Å². The number of hydrogen-bond acceptors (Lipinski definition) is 2. The van der Waals surface area contributed by atoms with Crippen LogP contribution in [-0.2, 0) is 4.53 Å². The Balaban J connectivity index is 3.26. The molecule has 0 aromatic heterocycles. The molecule has 0 fully saturated rings. The topological polar surface area (TPSA) is 21.6 Å². The van der Waals surface area contributed by atoms with E-state index in [4.69, 9.17) is 4.53 Å². The van der Waals surface area contributed by atoms with Gasteiger partial charge in [0.15, 0.2) is 0 Å². The van der Waals surface area contributed by atoms with Gasteiger partial charge in [-0.3, -0.25) is 0 Å². The molecule has 0 amide bonds. The lowest BCUT2D eigenvalue weighted by atomic mass is 10.3. The molecule has 8 heavy (non-hydrogen) atoms. The van der Waals surface area contributed by atoms with Crippen LogP contribution in [0.25, 0.3) is 0 Å². The highest BCUT2D eigenvalue weighted by Crippen LogP contribution is 1.83. The SMILES string of the molecule is CCC(C)=NO[Si]C. The van der Waals surface area contributed by atoms with Crippen molar-refractivity contribution in [3.05, 3.63) is 0 Å². The van der Waals surface area contributed by atoms with Gasteiger partial charge in [-0.1, -0.05) is 6.92 Å². The first-order valence-corrected chi connectivity index (χ1v) is 4.08. The lowest BCUT2D eigenvalue weighted by molar-refractivity contribution is 0.364. The minimum Gasteiger partial charge on any atom is -0.454 e. The maximum atomic E-state index is 4.80. The van der Waals surface area contributed by atoms with Gasteiger partial charge in [-0.05, 0) is 19.9 Å². The molecular formula is C5H11NOSi. The molecule has 0 aliphatic heterocycles. The molecule has 0 atom stereocenters. The van der Waals surface area contributed by atoms with Crippen molar-refractivity contribution in [2.75, 3.05) is 0 Å². The molecule has 0 spiro atoms. The van der Waals surface area contributed by atoms with Crippen LogP contribution in [0, 0.1) is 0 Å². The quantitative estimate of drug-likeness (QED) is 0.321. The molecule has 2 nitrogen and oxygen atoms in total. The van der Waals surface area contributed by atoms with Crippen molar-refractivity contribution in [1.29, 1.82) is 0 Å². The molecular weight excluding hydrogens is 118 g/mol. The van der Waals surface area contributed by atoms with Crippen LogP contribution in [0.15, 0.2) is 5.16 Å². The summed E-state index contributed by atoms with van der Waals surface area (Å²) < 4.78 is 4.80. The second-order valence-corrected chi connectivity index (χ2v) is 2.07. The van der Waals surface area contributed by atoms with Gasteiger partial charge in [0.1, 0.15) is 0 Å². The fourth-order valence-electron chi connectivity index (χ4n) is 0.188. The molecule has 0 rings (SSSR count). The Morgan fingerprint density at radius 2 is 2.38 bits per heavy atom. The highest BCUT2D eigenvalue weighted by molar-refractivity contribution is 6.24. The highest BCUT2D eigenvalue weighted by atomic mass is 28.2. The average Bonchev–Trinajstić information content (AvgIpc) is 1.83. The molecule has 0 unspecified atom stereocenters. The molecule has 46 valence electrons. The smallest absolute Gasteiger partial charge is 0.350 e. The molecule has 0 bridgehead atoms. The number of rotatable bonds is 3. The van der Waals surface area contributed by atoms with E-state index >= 15 is 0 Å². The van der Waals surface area contributed by atoms with Crippen molar-refractivity contribution < 1.29 is 4.53 Å². The number of nitrogens with zero attached hydrogens (tertiary/aromatic N) is 1. The third-order valence-corrected chi connectivity index (χ3v) is 1.08. The fraction of sp³-hybridized carbons (Fsp3) is 0.800. The molecule has 0 N–H and O–H groups in total. The van der Waals surface area contributed by atoms with E-state index < -0.39 is 0 Å². The first-order valence-electron chi connectivity index (χ1n) is 2.67. The summed E-state index contributed by atoms with van der Waals surface area (Å²) in [4.78, 5) is 0. The Kier molecular flexibility index (Phi) is 4.65. The molecule has 0 aliphatic rings. The highest BCUT2D eigenvalue weighted by Gasteiger charge is 1.82. The average molecular weight is 129 g/mol. The van der Waals surface area contributed by atoms with E-state index in [0.29, 0.717) is 9.76 Å². The summed E-state index contributed by atoms with van der Waals surface area (Å²) in [5.74, 6) is 0. The summed E-state index contributed by atoms with van der Waals surface area (Å²) >= 11 is 0. The summed E-state index contributed by atoms with van der Waals surface area (Å²) in [6, 6.07) is 0. The molecule has 0 aliphatic carbocycles. The van der Waals surface area contributed by atoms with Crippen LogP contribution in [0.5, 0.6) is 0 Å². The second-order valence-electron chi connectivity index (χ2n) is 1.48. The molecule has 3 heteroatoms. The summed E-state index contributed by atoms with van der Waals surface area (Å²) in [5, 5.41) is 3.79. The zero-order valence-corrected chi connectivity index (χ0v) is 6.56. The van der Waals surface area contributed by atoms with Crippen LogP contribution in [0.4, 0.5) is 0 Å². The van der Waals surface area contributed by atoms with Crippen molar-refractivity contribution >= 4 is 15.5 Å². The van der Waals surface area contributed by atoms with Crippen molar-refractivity contribution in [1.82, 2.24) is 0 Å². The Labute approximate surface area is 52.9 Å². The Hall–Kier alpha value is -0.313. The number of oxime groups is 1. The fourth-order valence-corrected chi connectivity index (χ4v) is 0.435. The van der Waals surface area contributed by atoms with Crippen LogP contribution < -0.4 is 0 Å². The van der Waals surface area contributed by atoms with Crippen molar-refractivity contribution in [2.24, 2.45) is 5.16 Å². The molecule has 2 radical (unpaired) electrons. The zero-order valence-electron chi connectivity index (χ0n) is 5.56. The Morgan fingerprint density at radius 1 is 1.75 bits per heavy atom. The predicted octanol–water partition coefficient (Wildman–Crippen LogP) is 1.46. The Morgan fingerprint density at radius 3 is 2.75 bits per heavy atom. The van der Waals surface area contributed by atoms with Crippen LogP contribution in [-0.4, -0.2) is 15.5 Å². The van der Waals surface area contributed by atoms with E-state index in [2.05, 4.69) is 12.1 Å². The molecule has 0 saturated heterocycles. The molecule has 0 heterocycles. The summed E-state index contributed by atoms with van der Waals surface area (Å²) in [7, 11) is 0.466. The Bertz CT molecular complexity index is 82.5. The van der Waals surface area contributed by atoms with E-state index in [1.807, 2.05) is 13.5 Å². The van der Waals surface area contributed by atoms with Crippen molar-refractivity contribution in [3.8, 4) is 0 Å². The van der Waals surface area contributed by atoms with Gasteiger partial charge < -0.3 is 4.53 Å². The van der Waals surface area contributed by atoms with E-state index in [9.17, 15) is 0 Å². The van der Waals surface area contributed by atoms with Gasteiger partial charge in [0, 0.05) is 0 Å². The first kappa shape index (κ1) is 7.69. The lowest BCUT2D eigenvalue weighted by Crippen LogP contribution is -1.91. The predicted molar refractivity (Wildman–Crippen MR) is 36.1 cm³/mol. The first-order chi connectivity index (χ1) is 3.81. The van der Waals surface area contributed by atoms with E-state index in [1.54, 1.807) is 0 Å².